The Morgan fingerprint density at radius 1 is 0.828 bits per heavy atom. The molecule has 3 rings (SSSR count). The van der Waals surface area contributed by atoms with Gasteiger partial charge in [0.25, 0.3) is 0 Å². The van der Waals surface area contributed by atoms with Crippen molar-refractivity contribution in [3.05, 3.63) is 12.3 Å². The molecule has 2 saturated carbocycles. The van der Waals surface area contributed by atoms with Crippen molar-refractivity contribution in [3.8, 4) is 0 Å². The molecule has 0 amide bonds. The van der Waals surface area contributed by atoms with Gasteiger partial charge in [-0.3, -0.25) is 4.79 Å². The molecule has 1 saturated heterocycles. The number of hydrogen-bond acceptors (Lipinski definition) is 4. The molecule has 1 heterocycles. The Morgan fingerprint density at radius 3 is 2.03 bits per heavy atom. The van der Waals surface area contributed by atoms with Crippen LogP contribution >= 0.6 is 0 Å². The highest BCUT2D eigenvalue weighted by Gasteiger charge is 2.31. The summed E-state index contributed by atoms with van der Waals surface area (Å²) in [5.74, 6) is 3.93. The fourth-order valence-electron chi connectivity index (χ4n) is 5.12. The molecule has 29 heavy (non-hydrogen) atoms. The van der Waals surface area contributed by atoms with Gasteiger partial charge in [-0.2, -0.15) is 0 Å². The summed E-state index contributed by atoms with van der Waals surface area (Å²) in [5.41, 5.74) is 0. The van der Waals surface area contributed by atoms with E-state index >= 15 is 0 Å². The van der Waals surface area contributed by atoms with Crippen molar-refractivity contribution in [2.24, 2.45) is 35.5 Å². The molecule has 0 aromatic carbocycles. The van der Waals surface area contributed by atoms with Gasteiger partial charge >= 0.3 is 5.97 Å². The summed E-state index contributed by atoms with van der Waals surface area (Å²) in [6.45, 7) is 13.0. The van der Waals surface area contributed by atoms with Crippen molar-refractivity contribution in [2.45, 2.75) is 84.7 Å². The van der Waals surface area contributed by atoms with Gasteiger partial charge in [0, 0.05) is 5.92 Å². The van der Waals surface area contributed by atoms with Gasteiger partial charge in [0.15, 0.2) is 0 Å². The highest BCUT2D eigenvalue weighted by molar-refractivity contribution is 5.72. The van der Waals surface area contributed by atoms with E-state index in [0.29, 0.717) is 36.4 Å². The number of ether oxygens (including phenoxy) is 3. The van der Waals surface area contributed by atoms with E-state index in [-0.39, 0.29) is 11.9 Å². The van der Waals surface area contributed by atoms with Crippen LogP contribution in [-0.2, 0) is 19.0 Å². The topological polar surface area (TPSA) is 44.8 Å². The van der Waals surface area contributed by atoms with E-state index in [1.54, 1.807) is 0 Å². The third-order valence-corrected chi connectivity index (χ3v) is 7.82. The molecule has 4 nitrogen and oxygen atoms in total. The van der Waals surface area contributed by atoms with Gasteiger partial charge in [0.1, 0.15) is 0 Å². The summed E-state index contributed by atoms with van der Waals surface area (Å²) in [4.78, 5) is 12.4. The van der Waals surface area contributed by atoms with Crippen molar-refractivity contribution in [2.75, 3.05) is 19.8 Å². The molecule has 0 aromatic rings. The van der Waals surface area contributed by atoms with Crippen molar-refractivity contribution < 1.29 is 19.0 Å². The molecule has 0 spiro atoms. The maximum atomic E-state index is 12.4. The first-order valence-corrected chi connectivity index (χ1v) is 12.0. The summed E-state index contributed by atoms with van der Waals surface area (Å²) in [5, 5.41) is 0. The Bertz CT molecular complexity index is 529. The molecule has 3 aliphatic rings. The average Bonchev–Trinajstić information content (AvgIpc) is 2.73. The van der Waals surface area contributed by atoms with Crippen LogP contribution in [0, 0.1) is 35.5 Å². The normalized spacial score (nSPS) is 38.2. The van der Waals surface area contributed by atoms with Gasteiger partial charge in [0.2, 0.25) is 0 Å². The van der Waals surface area contributed by atoms with Gasteiger partial charge < -0.3 is 14.2 Å². The van der Waals surface area contributed by atoms with Crippen LogP contribution in [-0.4, -0.2) is 31.9 Å². The first kappa shape index (κ1) is 22.7. The molecule has 2 aliphatic carbocycles. The van der Waals surface area contributed by atoms with Crippen molar-refractivity contribution in [3.63, 3.8) is 0 Å². The average molecular weight is 407 g/mol. The van der Waals surface area contributed by atoms with Crippen LogP contribution in [0.1, 0.15) is 78.6 Å². The van der Waals surface area contributed by atoms with E-state index in [1.807, 2.05) is 0 Å². The van der Waals surface area contributed by atoms with Crippen LogP contribution in [0.25, 0.3) is 0 Å². The van der Waals surface area contributed by atoms with E-state index in [4.69, 9.17) is 14.2 Å². The predicted octanol–water partition coefficient (Wildman–Crippen LogP) is 5.75. The van der Waals surface area contributed by atoms with E-state index in [2.05, 4.69) is 27.4 Å². The molecule has 0 N–H and O–H groups in total. The second-order valence-electron chi connectivity index (χ2n) is 10.2. The predicted molar refractivity (Wildman–Crippen MR) is 115 cm³/mol. The third kappa shape index (κ3) is 6.73. The highest BCUT2D eigenvalue weighted by Crippen LogP contribution is 2.35. The summed E-state index contributed by atoms with van der Waals surface area (Å²) in [6.07, 6.45) is 10.3. The van der Waals surface area contributed by atoms with Crippen LogP contribution in [0.5, 0.6) is 0 Å². The monoisotopic (exact) mass is 406 g/mol. The Balaban J connectivity index is 1.28. The standard InChI is InChI=1S/C25H42O4/c1-17-5-11-23(13-18(17)2)25(26)29-15-22-9-7-21(8-10-22)14-28-20(4)24-12-6-19(3)27-16-24/h17-19,21-24H,4-16H2,1-3H3. The molecule has 0 aromatic heterocycles. The van der Waals surface area contributed by atoms with E-state index in [1.165, 1.54) is 0 Å². The molecule has 0 radical (unpaired) electrons. The Hall–Kier alpha value is -1.03. The molecule has 166 valence electrons. The zero-order valence-corrected chi connectivity index (χ0v) is 18.9. The molecule has 1 aliphatic heterocycles. The molecular formula is C25H42O4. The second-order valence-corrected chi connectivity index (χ2v) is 10.2. The Kier molecular flexibility index (Phi) is 8.46. The summed E-state index contributed by atoms with van der Waals surface area (Å²) in [7, 11) is 0. The van der Waals surface area contributed by atoms with Gasteiger partial charge in [-0.05, 0) is 88.4 Å². The van der Waals surface area contributed by atoms with E-state index < -0.39 is 0 Å². The fraction of sp³-hybridized carbons (Fsp3) is 0.880. The van der Waals surface area contributed by atoms with Crippen LogP contribution in [0.2, 0.25) is 0 Å². The minimum Gasteiger partial charge on any atom is -0.498 e. The first-order valence-electron chi connectivity index (χ1n) is 12.0. The van der Waals surface area contributed by atoms with E-state index in [0.717, 1.165) is 82.7 Å². The van der Waals surface area contributed by atoms with Gasteiger partial charge in [-0.1, -0.05) is 20.4 Å². The Morgan fingerprint density at radius 2 is 1.45 bits per heavy atom. The molecule has 5 atom stereocenters. The summed E-state index contributed by atoms with van der Waals surface area (Å²) >= 11 is 0. The van der Waals surface area contributed by atoms with Crippen molar-refractivity contribution in [1.29, 1.82) is 0 Å². The second kappa shape index (κ2) is 10.8. The van der Waals surface area contributed by atoms with Crippen molar-refractivity contribution >= 4 is 5.97 Å². The van der Waals surface area contributed by atoms with Crippen LogP contribution < -0.4 is 0 Å². The molecule has 5 unspecified atom stereocenters. The maximum Gasteiger partial charge on any atom is 0.308 e. The molecule has 3 fully saturated rings. The molecular weight excluding hydrogens is 364 g/mol. The number of carbonyl (C=O) groups is 1. The third-order valence-electron chi connectivity index (χ3n) is 7.82. The van der Waals surface area contributed by atoms with Gasteiger partial charge in [-0.15, -0.1) is 0 Å². The minimum atomic E-state index is 0.0505. The van der Waals surface area contributed by atoms with Gasteiger partial charge in [0.05, 0.1) is 37.6 Å². The largest absolute Gasteiger partial charge is 0.498 e. The SMILES string of the molecule is C=C(OCC1CCC(COC(=O)C2CCC(C)C(C)C2)CC1)C1CCC(C)OC1. The number of rotatable bonds is 7. The summed E-state index contributed by atoms with van der Waals surface area (Å²) in [6, 6.07) is 0. The van der Waals surface area contributed by atoms with Crippen LogP contribution in [0.4, 0.5) is 0 Å². The highest BCUT2D eigenvalue weighted by atomic mass is 16.5. The lowest BCUT2D eigenvalue weighted by Gasteiger charge is -2.32. The number of esters is 1. The van der Waals surface area contributed by atoms with Crippen LogP contribution in [0.3, 0.4) is 0 Å². The summed E-state index contributed by atoms with van der Waals surface area (Å²) < 4.78 is 17.5. The fourth-order valence-corrected chi connectivity index (χ4v) is 5.12. The first-order chi connectivity index (χ1) is 13.9. The minimum absolute atomic E-state index is 0.0505. The number of hydrogen-bond donors (Lipinski definition) is 0. The number of carbonyl (C=O) groups excluding carboxylic acids is 1. The quantitative estimate of drug-likeness (QED) is 0.399. The van der Waals surface area contributed by atoms with E-state index in [9.17, 15) is 4.79 Å². The lowest BCUT2D eigenvalue weighted by molar-refractivity contribution is -0.152. The maximum absolute atomic E-state index is 12.4. The van der Waals surface area contributed by atoms with Crippen molar-refractivity contribution in [1.82, 2.24) is 0 Å². The van der Waals surface area contributed by atoms with Gasteiger partial charge in [-0.25, -0.2) is 0 Å². The zero-order valence-electron chi connectivity index (χ0n) is 18.9. The molecule has 4 heteroatoms. The lowest BCUT2D eigenvalue weighted by Crippen LogP contribution is -2.30. The zero-order chi connectivity index (χ0) is 20.8. The smallest absolute Gasteiger partial charge is 0.308 e. The molecule has 0 bridgehead atoms. The van der Waals surface area contributed by atoms with Crippen LogP contribution in [0.15, 0.2) is 12.3 Å². The lowest BCUT2D eigenvalue weighted by atomic mass is 9.76. The Labute approximate surface area is 177 Å².